The zero-order valence-electron chi connectivity index (χ0n) is 23.8. The summed E-state index contributed by atoms with van der Waals surface area (Å²) in [4.78, 5) is 26.1. The lowest BCUT2D eigenvalue weighted by molar-refractivity contribution is -0.614. The Bertz CT molecular complexity index is 1740. The first-order valence-corrected chi connectivity index (χ1v) is 13.9. The number of pyridine rings is 1. The smallest absolute Gasteiger partial charge is 0.338 e. The minimum Gasteiger partial charge on any atom is -0.618 e. The number of hydrogen-bond donors (Lipinski definition) is 1. The van der Waals surface area contributed by atoms with Crippen molar-refractivity contribution in [1.82, 2.24) is 20.2 Å². The van der Waals surface area contributed by atoms with Crippen molar-refractivity contribution in [1.29, 1.82) is 0 Å². The van der Waals surface area contributed by atoms with Crippen LogP contribution in [0.15, 0.2) is 97.5 Å². The zero-order chi connectivity index (χ0) is 30.6. The molecule has 0 aliphatic carbocycles. The van der Waals surface area contributed by atoms with Crippen LogP contribution in [0.5, 0.6) is 0 Å². The first-order chi connectivity index (χ1) is 20.6. The van der Waals surface area contributed by atoms with Gasteiger partial charge in [0.25, 0.3) is 0 Å². The number of aromatic nitrogens is 5. The third kappa shape index (κ3) is 7.22. The first kappa shape index (κ1) is 29.4. The minimum absolute atomic E-state index is 0.265. The standard InChI is InChI=1S/C32H29ClN6O4/c1-32(2,3)43-31(41)22-9-13-25(14-10-22)35-30(40)27(17-21-7-5-4-6-8-21)29-15-11-23(19-39(29)42)26-18-24(33)12-16-28(26)38-20-34-36-37-38/h4-16,18-20,27H,17H2,1-3H3,(H,35,40). The lowest BCUT2D eigenvalue weighted by Crippen LogP contribution is -2.38. The monoisotopic (exact) mass is 596 g/mol. The van der Waals surface area contributed by atoms with Gasteiger partial charge in [0, 0.05) is 27.9 Å². The highest BCUT2D eigenvalue weighted by atomic mass is 35.5. The van der Waals surface area contributed by atoms with Crippen LogP contribution in [0.3, 0.4) is 0 Å². The summed E-state index contributed by atoms with van der Waals surface area (Å²) in [6.07, 6.45) is 3.15. The summed E-state index contributed by atoms with van der Waals surface area (Å²) in [5, 5.41) is 28.3. The maximum atomic E-state index is 13.7. The van der Waals surface area contributed by atoms with Crippen molar-refractivity contribution in [2.45, 2.75) is 38.7 Å². The number of ether oxygens (including phenoxy) is 1. The highest BCUT2D eigenvalue weighted by Gasteiger charge is 2.29. The lowest BCUT2D eigenvalue weighted by atomic mass is 9.93. The van der Waals surface area contributed by atoms with E-state index in [9.17, 15) is 14.8 Å². The van der Waals surface area contributed by atoms with E-state index in [2.05, 4.69) is 20.8 Å². The Labute approximate surface area is 253 Å². The van der Waals surface area contributed by atoms with Gasteiger partial charge in [-0.05, 0) is 91.7 Å². The molecule has 218 valence electrons. The largest absolute Gasteiger partial charge is 0.618 e. The molecule has 11 heteroatoms. The molecular weight excluding hydrogens is 568 g/mol. The molecule has 1 unspecified atom stereocenters. The van der Waals surface area contributed by atoms with Crippen LogP contribution in [0, 0.1) is 5.21 Å². The van der Waals surface area contributed by atoms with Crippen molar-refractivity contribution in [2.75, 3.05) is 5.32 Å². The molecule has 43 heavy (non-hydrogen) atoms. The predicted molar refractivity (Wildman–Crippen MR) is 162 cm³/mol. The molecule has 5 rings (SSSR count). The maximum Gasteiger partial charge on any atom is 0.338 e. The summed E-state index contributed by atoms with van der Waals surface area (Å²) in [5.41, 5.74) is 3.23. The number of tetrazole rings is 1. The average Bonchev–Trinajstić information content (AvgIpc) is 3.51. The van der Waals surface area contributed by atoms with E-state index in [1.807, 2.05) is 30.3 Å². The number of amides is 1. The van der Waals surface area contributed by atoms with Crippen LogP contribution < -0.4 is 10.0 Å². The second-order valence-corrected chi connectivity index (χ2v) is 11.3. The van der Waals surface area contributed by atoms with Gasteiger partial charge < -0.3 is 15.3 Å². The van der Waals surface area contributed by atoms with Crippen LogP contribution in [0.4, 0.5) is 5.69 Å². The van der Waals surface area contributed by atoms with E-state index in [0.29, 0.717) is 37.8 Å². The number of carbonyl (C=O) groups excluding carboxylic acids is 2. The van der Waals surface area contributed by atoms with Crippen LogP contribution in [-0.4, -0.2) is 37.7 Å². The number of nitrogens with one attached hydrogen (secondary N) is 1. The Morgan fingerprint density at radius 1 is 1.02 bits per heavy atom. The first-order valence-electron chi connectivity index (χ1n) is 13.5. The SMILES string of the molecule is CC(C)(C)OC(=O)c1ccc(NC(=O)C(Cc2ccccc2)c2ccc(-c3cc(Cl)ccc3-n3cnnn3)c[n+]2[O-])cc1. The molecular formula is C32H29ClN6O4. The number of anilines is 1. The Morgan fingerprint density at radius 2 is 1.77 bits per heavy atom. The van der Waals surface area contributed by atoms with Crippen LogP contribution in [-0.2, 0) is 16.0 Å². The van der Waals surface area contributed by atoms with Gasteiger partial charge in [-0.2, -0.15) is 9.41 Å². The number of esters is 1. The molecule has 0 aliphatic heterocycles. The summed E-state index contributed by atoms with van der Waals surface area (Å²) in [6.45, 7) is 5.39. The Balaban J connectivity index is 1.44. The normalized spacial score (nSPS) is 12.0. The molecule has 1 N–H and O–H groups in total. The van der Waals surface area contributed by atoms with Gasteiger partial charge in [0.05, 0.1) is 11.3 Å². The predicted octanol–water partition coefficient (Wildman–Crippen LogP) is 5.54. The second kappa shape index (κ2) is 12.4. The van der Waals surface area contributed by atoms with E-state index >= 15 is 0 Å². The summed E-state index contributed by atoms with van der Waals surface area (Å²) in [7, 11) is 0. The molecule has 0 aliphatic rings. The van der Waals surface area contributed by atoms with Crippen LogP contribution in [0.25, 0.3) is 16.8 Å². The molecule has 0 bridgehead atoms. The molecule has 0 saturated carbocycles. The highest BCUT2D eigenvalue weighted by molar-refractivity contribution is 6.31. The van der Waals surface area contributed by atoms with Gasteiger partial charge in [0.15, 0.2) is 6.20 Å². The van der Waals surface area contributed by atoms with Gasteiger partial charge in [-0.3, -0.25) is 4.79 Å². The van der Waals surface area contributed by atoms with Crippen LogP contribution in [0.1, 0.15) is 48.3 Å². The maximum absolute atomic E-state index is 13.7. The summed E-state index contributed by atoms with van der Waals surface area (Å²) >= 11 is 6.29. The Kier molecular flexibility index (Phi) is 8.49. The van der Waals surface area contributed by atoms with Crippen molar-refractivity contribution >= 4 is 29.2 Å². The van der Waals surface area contributed by atoms with Gasteiger partial charge in [0.2, 0.25) is 11.6 Å². The Hall–Kier alpha value is -5.09. The van der Waals surface area contributed by atoms with Gasteiger partial charge in [-0.25, -0.2) is 4.79 Å². The van der Waals surface area contributed by atoms with Gasteiger partial charge in [-0.1, -0.05) is 41.9 Å². The van der Waals surface area contributed by atoms with Crippen molar-refractivity contribution in [3.63, 3.8) is 0 Å². The topological polar surface area (TPSA) is 126 Å². The van der Waals surface area contributed by atoms with Gasteiger partial charge in [0.1, 0.15) is 17.8 Å². The summed E-state index contributed by atoms with van der Waals surface area (Å²) < 4.78 is 7.60. The fourth-order valence-corrected chi connectivity index (χ4v) is 4.74. The van der Waals surface area contributed by atoms with E-state index in [1.54, 1.807) is 75.4 Å². The Morgan fingerprint density at radius 3 is 2.42 bits per heavy atom. The molecule has 3 aromatic carbocycles. The molecule has 0 radical (unpaired) electrons. The number of hydrogen-bond acceptors (Lipinski definition) is 7. The molecule has 0 saturated heterocycles. The van der Waals surface area contributed by atoms with E-state index < -0.39 is 17.5 Å². The number of nitrogens with zero attached hydrogens (tertiary/aromatic N) is 5. The van der Waals surface area contributed by atoms with Crippen molar-refractivity contribution in [3.8, 4) is 16.8 Å². The molecule has 1 amide bonds. The van der Waals surface area contributed by atoms with Crippen molar-refractivity contribution in [3.05, 3.63) is 125 Å². The third-order valence-corrected chi connectivity index (χ3v) is 6.79. The molecule has 0 spiro atoms. The molecule has 0 fully saturated rings. The number of halogens is 1. The number of carbonyl (C=O) groups is 2. The lowest BCUT2D eigenvalue weighted by Gasteiger charge is -2.20. The van der Waals surface area contributed by atoms with Crippen molar-refractivity contribution < 1.29 is 19.1 Å². The molecule has 5 aromatic rings. The minimum atomic E-state index is -0.821. The fourth-order valence-electron chi connectivity index (χ4n) is 4.57. The summed E-state index contributed by atoms with van der Waals surface area (Å²) in [6, 6.07) is 24.5. The van der Waals surface area contributed by atoms with Crippen LogP contribution >= 0.6 is 11.6 Å². The fraction of sp³-hybridized carbons (Fsp3) is 0.188. The summed E-state index contributed by atoms with van der Waals surface area (Å²) in [5.74, 6) is -1.65. The molecule has 2 aromatic heterocycles. The number of benzene rings is 3. The van der Waals surface area contributed by atoms with Gasteiger partial charge in [-0.15, -0.1) is 5.10 Å². The highest BCUT2D eigenvalue weighted by Crippen LogP contribution is 2.30. The van der Waals surface area contributed by atoms with Crippen LogP contribution in [0.2, 0.25) is 5.02 Å². The zero-order valence-corrected chi connectivity index (χ0v) is 24.5. The molecule has 2 heterocycles. The van der Waals surface area contributed by atoms with E-state index in [1.165, 1.54) is 17.2 Å². The van der Waals surface area contributed by atoms with Gasteiger partial charge >= 0.3 is 5.97 Å². The average molecular weight is 597 g/mol. The quantitative estimate of drug-likeness (QED) is 0.142. The van der Waals surface area contributed by atoms with Crippen molar-refractivity contribution in [2.24, 2.45) is 0 Å². The third-order valence-electron chi connectivity index (χ3n) is 6.55. The number of rotatable bonds is 8. The molecule has 1 atom stereocenters. The van der Waals surface area contributed by atoms with E-state index in [4.69, 9.17) is 16.3 Å². The van der Waals surface area contributed by atoms with E-state index in [0.717, 1.165) is 5.56 Å². The van der Waals surface area contributed by atoms with E-state index in [-0.39, 0.29) is 18.0 Å². The molecule has 10 nitrogen and oxygen atoms in total. The second-order valence-electron chi connectivity index (χ2n) is 10.9.